The van der Waals surface area contributed by atoms with Crippen molar-refractivity contribution in [2.45, 2.75) is 32.5 Å². The third kappa shape index (κ3) is 4.42. The predicted molar refractivity (Wildman–Crippen MR) is 114 cm³/mol. The standard InChI is InChI=1S/C20H23N3O2S2/c1-13(2)11-23-19(25)18-16(8-9-26-18)21-20(23)27-12-17(24)22(4)15-7-5-6-14(3)10-15/h5-10,13H,11-12H2,1-4H3. The van der Waals surface area contributed by atoms with Crippen LogP contribution in [0.3, 0.4) is 0 Å². The molecule has 0 aliphatic heterocycles. The number of carbonyl (C=O) groups excluding carboxylic acids is 1. The molecule has 1 amide bonds. The molecule has 142 valence electrons. The molecule has 1 aromatic carbocycles. The zero-order chi connectivity index (χ0) is 19.6. The van der Waals surface area contributed by atoms with Gasteiger partial charge in [-0.25, -0.2) is 4.98 Å². The molecule has 0 aliphatic rings. The lowest BCUT2D eigenvalue weighted by Crippen LogP contribution is -2.29. The van der Waals surface area contributed by atoms with Crippen LogP contribution in [0.1, 0.15) is 19.4 Å². The number of thioether (sulfide) groups is 1. The first-order chi connectivity index (χ1) is 12.9. The first-order valence-electron chi connectivity index (χ1n) is 8.81. The Kier molecular flexibility index (Phi) is 6.01. The van der Waals surface area contributed by atoms with Gasteiger partial charge in [0.25, 0.3) is 5.56 Å². The normalized spacial score (nSPS) is 11.3. The summed E-state index contributed by atoms with van der Waals surface area (Å²) in [6.07, 6.45) is 0. The van der Waals surface area contributed by atoms with E-state index in [1.165, 1.54) is 23.1 Å². The Hall–Kier alpha value is -2.12. The van der Waals surface area contributed by atoms with Gasteiger partial charge in [0.2, 0.25) is 5.91 Å². The minimum absolute atomic E-state index is 0.0225. The van der Waals surface area contributed by atoms with E-state index in [-0.39, 0.29) is 17.2 Å². The largest absolute Gasteiger partial charge is 0.315 e. The molecule has 0 bridgehead atoms. The van der Waals surface area contributed by atoms with Crippen molar-refractivity contribution in [3.05, 3.63) is 51.6 Å². The molecule has 0 N–H and O–H groups in total. The maximum absolute atomic E-state index is 12.8. The van der Waals surface area contributed by atoms with Gasteiger partial charge < -0.3 is 4.90 Å². The summed E-state index contributed by atoms with van der Waals surface area (Å²) in [6, 6.07) is 9.69. The molecule has 0 radical (unpaired) electrons. The summed E-state index contributed by atoms with van der Waals surface area (Å²) in [5.74, 6) is 0.512. The molecular weight excluding hydrogens is 378 g/mol. The lowest BCUT2D eigenvalue weighted by atomic mass is 10.2. The molecule has 5 nitrogen and oxygen atoms in total. The number of hydrogen-bond acceptors (Lipinski definition) is 5. The Balaban J connectivity index is 1.83. The van der Waals surface area contributed by atoms with Crippen LogP contribution in [0.4, 0.5) is 5.69 Å². The fourth-order valence-electron chi connectivity index (χ4n) is 2.76. The van der Waals surface area contributed by atoms with Crippen LogP contribution < -0.4 is 10.5 Å². The van der Waals surface area contributed by atoms with Gasteiger partial charge in [0.05, 0.1) is 11.3 Å². The van der Waals surface area contributed by atoms with Gasteiger partial charge in [0.15, 0.2) is 5.16 Å². The number of aryl methyl sites for hydroxylation is 1. The van der Waals surface area contributed by atoms with Gasteiger partial charge in [-0.3, -0.25) is 14.2 Å². The number of anilines is 1. The highest BCUT2D eigenvalue weighted by Crippen LogP contribution is 2.23. The number of carbonyl (C=O) groups is 1. The summed E-state index contributed by atoms with van der Waals surface area (Å²) in [5, 5.41) is 2.48. The van der Waals surface area contributed by atoms with Crippen LogP contribution in [0, 0.1) is 12.8 Å². The second kappa shape index (κ2) is 8.27. The Bertz CT molecular complexity index is 1020. The summed E-state index contributed by atoms with van der Waals surface area (Å²) in [5.41, 5.74) is 2.65. The van der Waals surface area contributed by atoms with Crippen molar-refractivity contribution >= 4 is 44.9 Å². The molecular formula is C20H23N3O2S2. The van der Waals surface area contributed by atoms with Crippen LogP contribution in [0.25, 0.3) is 10.2 Å². The number of hydrogen-bond donors (Lipinski definition) is 0. The summed E-state index contributed by atoms with van der Waals surface area (Å²) < 4.78 is 2.37. The van der Waals surface area contributed by atoms with Gasteiger partial charge in [-0.2, -0.15) is 0 Å². The van der Waals surface area contributed by atoms with Crippen LogP contribution in [-0.4, -0.2) is 28.3 Å². The maximum Gasteiger partial charge on any atom is 0.272 e. The number of fused-ring (bicyclic) bond motifs is 1. The topological polar surface area (TPSA) is 55.2 Å². The van der Waals surface area contributed by atoms with E-state index in [4.69, 9.17) is 0 Å². The average Bonchev–Trinajstić information content (AvgIpc) is 3.10. The third-order valence-electron chi connectivity index (χ3n) is 4.17. The number of aromatic nitrogens is 2. The molecule has 3 rings (SSSR count). The van der Waals surface area contributed by atoms with Gasteiger partial charge in [-0.15, -0.1) is 11.3 Å². The van der Waals surface area contributed by atoms with Gasteiger partial charge in [-0.05, 0) is 42.0 Å². The Morgan fingerprint density at radius 1 is 1.33 bits per heavy atom. The van der Waals surface area contributed by atoms with Crippen LogP contribution in [0.5, 0.6) is 0 Å². The second-order valence-electron chi connectivity index (χ2n) is 6.92. The van der Waals surface area contributed by atoms with Gasteiger partial charge >= 0.3 is 0 Å². The zero-order valence-corrected chi connectivity index (χ0v) is 17.6. The average molecular weight is 402 g/mol. The van der Waals surface area contributed by atoms with Crippen LogP contribution in [-0.2, 0) is 11.3 Å². The maximum atomic E-state index is 12.8. The molecule has 2 heterocycles. The zero-order valence-electron chi connectivity index (χ0n) is 15.9. The highest BCUT2D eigenvalue weighted by molar-refractivity contribution is 7.99. The molecule has 0 fully saturated rings. The van der Waals surface area contributed by atoms with E-state index in [1.807, 2.05) is 42.6 Å². The van der Waals surface area contributed by atoms with Crippen LogP contribution in [0.2, 0.25) is 0 Å². The number of benzene rings is 1. The van der Waals surface area contributed by atoms with Crippen molar-refractivity contribution in [3.8, 4) is 0 Å². The Morgan fingerprint density at radius 3 is 2.81 bits per heavy atom. The highest BCUT2D eigenvalue weighted by Gasteiger charge is 2.17. The van der Waals surface area contributed by atoms with E-state index < -0.39 is 0 Å². The van der Waals surface area contributed by atoms with E-state index in [1.54, 1.807) is 16.5 Å². The predicted octanol–water partition coefficient (Wildman–Crippen LogP) is 4.18. The van der Waals surface area contributed by atoms with Crippen LogP contribution in [0.15, 0.2) is 45.7 Å². The summed E-state index contributed by atoms with van der Waals surface area (Å²) >= 11 is 2.73. The first-order valence-corrected chi connectivity index (χ1v) is 10.7. The number of thiophene rings is 1. The van der Waals surface area contributed by atoms with Gasteiger partial charge in [0.1, 0.15) is 4.70 Å². The highest BCUT2D eigenvalue weighted by atomic mass is 32.2. The quantitative estimate of drug-likeness (QED) is 0.459. The lowest BCUT2D eigenvalue weighted by molar-refractivity contribution is -0.115. The summed E-state index contributed by atoms with van der Waals surface area (Å²) in [7, 11) is 1.77. The van der Waals surface area contributed by atoms with Crippen molar-refractivity contribution in [3.63, 3.8) is 0 Å². The molecule has 0 saturated carbocycles. The molecule has 27 heavy (non-hydrogen) atoms. The molecule has 0 unspecified atom stereocenters. The monoisotopic (exact) mass is 401 g/mol. The van der Waals surface area contributed by atoms with E-state index in [0.717, 1.165) is 11.3 Å². The molecule has 2 aromatic heterocycles. The van der Waals surface area contributed by atoms with E-state index >= 15 is 0 Å². The van der Waals surface area contributed by atoms with E-state index in [0.29, 0.717) is 27.8 Å². The fourth-order valence-corrected chi connectivity index (χ4v) is 4.46. The number of amides is 1. The number of nitrogens with zero attached hydrogens (tertiary/aromatic N) is 3. The van der Waals surface area contributed by atoms with Crippen molar-refractivity contribution < 1.29 is 4.79 Å². The molecule has 3 aromatic rings. The molecule has 0 spiro atoms. The molecule has 0 atom stereocenters. The van der Waals surface area contributed by atoms with Crippen molar-refractivity contribution in [2.24, 2.45) is 5.92 Å². The SMILES string of the molecule is Cc1cccc(N(C)C(=O)CSc2nc3ccsc3c(=O)n2CC(C)C)c1. The van der Waals surface area contributed by atoms with E-state index in [9.17, 15) is 9.59 Å². The second-order valence-corrected chi connectivity index (χ2v) is 8.78. The summed E-state index contributed by atoms with van der Waals surface area (Å²) in [6.45, 7) is 6.72. The first kappa shape index (κ1) is 19.6. The number of rotatable bonds is 6. The lowest BCUT2D eigenvalue weighted by Gasteiger charge is -2.18. The Labute approximate surface area is 167 Å². The smallest absolute Gasteiger partial charge is 0.272 e. The van der Waals surface area contributed by atoms with Gasteiger partial charge in [-0.1, -0.05) is 37.7 Å². The molecule has 7 heteroatoms. The Morgan fingerprint density at radius 2 is 2.11 bits per heavy atom. The molecule has 0 saturated heterocycles. The third-order valence-corrected chi connectivity index (χ3v) is 6.02. The van der Waals surface area contributed by atoms with Crippen LogP contribution >= 0.6 is 23.1 Å². The van der Waals surface area contributed by atoms with Gasteiger partial charge in [0, 0.05) is 19.3 Å². The van der Waals surface area contributed by atoms with Crippen molar-refractivity contribution in [1.82, 2.24) is 9.55 Å². The fraction of sp³-hybridized carbons (Fsp3) is 0.350. The van der Waals surface area contributed by atoms with E-state index in [2.05, 4.69) is 18.8 Å². The van der Waals surface area contributed by atoms with Crippen molar-refractivity contribution in [2.75, 3.05) is 17.7 Å². The minimum atomic E-state index is -0.0265. The molecule has 0 aliphatic carbocycles. The minimum Gasteiger partial charge on any atom is -0.315 e. The van der Waals surface area contributed by atoms with Crippen molar-refractivity contribution in [1.29, 1.82) is 0 Å². The summed E-state index contributed by atoms with van der Waals surface area (Å²) in [4.78, 5) is 31.7.